The number of nitrogens with one attached hydrogen (secondary N) is 2. The molecule has 0 bridgehead atoms. The molecule has 0 radical (unpaired) electrons. The third-order valence-corrected chi connectivity index (χ3v) is 3.09. The van der Waals surface area contributed by atoms with Gasteiger partial charge in [0.1, 0.15) is 6.23 Å². The summed E-state index contributed by atoms with van der Waals surface area (Å²) >= 11 is 0. The number of allylic oxidation sites excluding steroid dienone is 4. The van der Waals surface area contributed by atoms with Gasteiger partial charge in [-0.25, -0.2) is 0 Å². The maximum Gasteiger partial charge on any atom is 0.146 e. The Balaban J connectivity index is 2.31. The highest BCUT2D eigenvalue weighted by atomic mass is 16.3. The molecule has 2 aliphatic rings. The van der Waals surface area contributed by atoms with Crippen molar-refractivity contribution in [3.8, 4) is 0 Å². The first-order chi connectivity index (χ1) is 7.15. The number of nitrogens with zero attached hydrogens (tertiary/aromatic N) is 1. The van der Waals surface area contributed by atoms with E-state index >= 15 is 0 Å². The minimum absolute atomic E-state index is 0.192. The summed E-state index contributed by atoms with van der Waals surface area (Å²) in [5, 5.41) is 16.8. The molecule has 0 aromatic heterocycles. The van der Waals surface area contributed by atoms with E-state index in [-0.39, 0.29) is 5.92 Å². The largest absolute Gasteiger partial charge is 0.373 e. The van der Waals surface area contributed by atoms with Gasteiger partial charge < -0.3 is 5.11 Å². The second-order valence-corrected chi connectivity index (χ2v) is 4.13. The van der Waals surface area contributed by atoms with Crippen molar-refractivity contribution in [2.45, 2.75) is 20.1 Å². The van der Waals surface area contributed by atoms with Crippen molar-refractivity contribution in [3.63, 3.8) is 0 Å². The molecule has 4 nitrogen and oxygen atoms in total. The van der Waals surface area contributed by atoms with Crippen LogP contribution in [0.15, 0.2) is 28.5 Å². The first kappa shape index (κ1) is 10.4. The third-order valence-electron chi connectivity index (χ3n) is 3.09. The second kappa shape index (κ2) is 3.79. The molecule has 1 aliphatic carbocycles. The fourth-order valence-electron chi connectivity index (χ4n) is 2.15. The van der Waals surface area contributed by atoms with E-state index in [0.29, 0.717) is 5.92 Å². The van der Waals surface area contributed by atoms with Crippen molar-refractivity contribution in [2.24, 2.45) is 16.9 Å². The van der Waals surface area contributed by atoms with Gasteiger partial charge in [0.25, 0.3) is 0 Å². The maximum atomic E-state index is 9.77. The molecule has 2 rings (SSSR count). The minimum Gasteiger partial charge on any atom is -0.373 e. The summed E-state index contributed by atoms with van der Waals surface area (Å²) in [7, 11) is 1.73. The topological polar surface area (TPSA) is 56.6 Å². The van der Waals surface area contributed by atoms with Crippen LogP contribution in [0.4, 0.5) is 0 Å². The lowest BCUT2D eigenvalue weighted by molar-refractivity contribution is 0.208. The van der Waals surface area contributed by atoms with Gasteiger partial charge in [0.15, 0.2) is 0 Å². The molecule has 15 heavy (non-hydrogen) atoms. The van der Waals surface area contributed by atoms with Crippen LogP contribution in [0.25, 0.3) is 0 Å². The first-order valence-electron chi connectivity index (χ1n) is 5.23. The molecule has 0 fully saturated rings. The zero-order valence-corrected chi connectivity index (χ0v) is 9.28. The smallest absolute Gasteiger partial charge is 0.146 e. The fraction of sp³-hybridized carbons (Fsp3) is 0.545. The molecule has 3 N–H and O–H groups in total. The van der Waals surface area contributed by atoms with Crippen molar-refractivity contribution < 1.29 is 5.11 Å². The molecule has 4 heteroatoms. The molecular weight excluding hydrogens is 190 g/mol. The molecule has 0 aromatic rings. The number of rotatable bonds is 2. The van der Waals surface area contributed by atoms with E-state index in [1.165, 1.54) is 5.57 Å². The second-order valence-electron chi connectivity index (χ2n) is 4.13. The zero-order chi connectivity index (χ0) is 11.0. The van der Waals surface area contributed by atoms with Gasteiger partial charge >= 0.3 is 0 Å². The molecule has 1 aliphatic heterocycles. The quantitative estimate of drug-likeness (QED) is 0.581. The van der Waals surface area contributed by atoms with Crippen molar-refractivity contribution in [3.05, 3.63) is 23.4 Å². The Morgan fingerprint density at radius 2 is 2.33 bits per heavy atom. The fourth-order valence-corrected chi connectivity index (χ4v) is 2.15. The normalized spacial score (nSPS) is 31.1. The lowest BCUT2D eigenvalue weighted by Crippen LogP contribution is -2.39. The Labute approximate surface area is 89.8 Å². The number of hydrazone groups is 1. The summed E-state index contributed by atoms with van der Waals surface area (Å²) in [6, 6.07) is 0. The monoisotopic (exact) mass is 207 g/mol. The van der Waals surface area contributed by atoms with E-state index < -0.39 is 6.23 Å². The standard InChI is InChI=1S/C11H17N3O/c1-6-4-5-7(2)9-8(6)10(14-13-9)11(15)12-3/h4-6,8,11-13,15H,1-3H3. The van der Waals surface area contributed by atoms with Gasteiger partial charge in [-0.1, -0.05) is 19.1 Å². The highest BCUT2D eigenvalue weighted by Crippen LogP contribution is 2.33. The number of fused-ring (bicyclic) bond motifs is 1. The van der Waals surface area contributed by atoms with Gasteiger partial charge in [0.05, 0.1) is 11.6 Å². The molecule has 3 unspecified atom stereocenters. The lowest BCUT2D eigenvalue weighted by atomic mass is 9.81. The Morgan fingerprint density at radius 3 is 3.00 bits per heavy atom. The Kier molecular flexibility index (Phi) is 2.63. The van der Waals surface area contributed by atoms with E-state index in [1.807, 2.05) is 0 Å². The predicted octanol–water partition coefficient (Wildman–Crippen LogP) is 0.579. The van der Waals surface area contributed by atoms with Crippen molar-refractivity contribution >= 4 is 5.71 Å². The summed E-state index contributed by atoms with van der Waals surface area (Å²) in [5.74, 6) is 0.567. The van der Waals surface area contributed by atoms with E-state index in [4.69, 9.17) is 0 Å². The molecule has 3 atom stereocenters. The maximum absolute atomic E-state index is 9.77. The van der Waals surface area contributed by atoms with Crippen LogP contribution in [-0.2, 0) is 0 Å². The van der Waals surface area contributed by atoms with Gasteiger partial charge in [-0.05, 0) is 25.5 Å². The van der Waals surface area contributed by atoms with Crippen LogP contribution in [-0.4, -0.2) is 24.1 Å². The van der Waals surface area contributed by atoms with E-state index in [0.717, 1.165) is 11.4 Å². The van der Waals surface area contributed by atoms with Crippen molar-refractivity contribution in [1.29, 1.82) is 0 Å². The molecule has 0 amide bonds. The number of aliphatic hydroxyl groups is 1. The molecule has 0 aromatic carbocycles. The van der Waals surface area contributed by atoms with Gasteiger partial charge in [0.2, 0.25) is 0 Å². The Bertz CT molecular complexity index is 357. The average molecular weight is 207 g/mol. The molecule has 0 spiro atoms. The summed E-state index contributed by atoms with van der Waals surface area (Å²) in [4.78, 5) is 0. The minimum atomic E-state index is -0.665. The highest BCUT2D eigenvalue weighted by Gasteiger charge is 2.36. The summed E-state index contributed by atoms with van der Waals surface area (Å²) in [6.45, 7) is 4.19. The van der Waals surface area contributed by atoms with Crippen LogP contribution in [0.5, 0.6) is 0 Å². The van der Waals surface area contributed by atoms with Crippen LogP contribution in [0.1, 0.15) is 13.8 Å². The van der Waals surface area contributed by atoms with E-state index in [9.17, 15) is 5.11 Å². The third kappa shape index (κ3) is 1.60. The molecule has 82 valence electrons. The van der Waals surface area contributed by atoms with Crippen LogP contribution >= 0.6 is 0 Å². The summed E-state index contributed by atoms with van der Waals surface area (Å²) in [6.07, 6.45) is 3.60. The van der Waals surface area contributed by atoms with Crippen molar-refractivity contribution in [2.75, 3.05) is 7.05 Å². The van der Waals surface area contributed by atoms with Gasteiger partial charge in [0, 0.05) is 5.70 Å². The molecule has 0 saturated carbocycles. The molecule has 0 saturated heterocycles. The predicted molar refractivity (Wildman–Crippen MR) is 60.1 cm³/mol. The average Bonchev–Trinajstić information content (AvgIpc) is 2.68. The van der Waals surface area contributed by atoms with Crippen LogP contribution in [0, 0.1) is 11.8 Å². The van der Waals surface area contributed by atoms with Crippen LogP contribution < -0.4 is 10.7 Å². The number of aliphatic hydroxyl groups excluding tert-OH is 1. The van der Waals surface area contributed by atoms with Crippen LogP contribution in [0.3, 0.4) is 0 Å². The SMILES string of the molecule is CNC(O)C1=NNC2=C(C)C=CC(C)C12. The highest BCUT2D eigenvalue weighted by molar-refractivity contribution is 5.95. The number of hydrogen-bond donors (Lipinski definition) is 3. The van der Waals surface area contributed by atoms with Gasteiger partial charge in [-0.15, -0.1) is 0 Å². The van der Waals surface area contributed by atoms with Crippen molar-refractivity contribution in [1.82, 2.24) is 10.7 Å². The summed E-state index contributed by atoms with van der Waals surface area (Å²) in [5.41, 5.74) is 6.12. The zero-order valence-electron chi connectivity index (χ0n) is 9.28. The van der Waals surface area contributed by atoms with Gasteiger partial charge in [-0.2, -0.15) is 5.10 Å². The Hall–Kier alpha value is -1.13. The van der Waals surface area contributed by atoms with E-state index in [2.05, 4.69) is 41.8 Å². The van der Waals surface area contributed by atoms with E-state index in [1.54, 1.807) is 7.05 Å². The van der Waals surface area contributed by atoms with Crippen LogP contribution in [0.2, 0.25) is 0 Å². The van der Waals surface area contributed by atoms with Gasteiger partial charge in [-0.3, -0.25) is 10.7 Å². The Morgan fingerprint density at radius 1 is 1.60 bits per heavy atom. The summed E-state index contributed by atoms with van der Waals surface area (Å²) < 4.78 is 0. The first-order valence-corrected chi connectivity index (χ1v) is 5.23. The molecule has 1 heterocycles. The lowest BCUT2D eigenvalue weighted by Gasteiger charge is -2.25. The number of hydrogen-bond acceptors (Lipinski definition) is 4. The molecular formula is C11H17N3O.